The van der Waals surface area contributed by atoms with Crippen LogP contribution in [-0.2, 0) is 11.3 Å². The van der Waals surface area contributed by atoms with Gasteiger partial charge < -0.3 is 10.2 Å². The molecule has 0 saturated carbocycles. The lowest BCUT2D eigenvalue weighted by Gasteiger charge is -2.32. The summed E-state index contributed by atoms with van der Waals surface area (Å²) in [6.45, 7) is 6.07. The molecule has 29 heavy (non-hydrogen) atoms. The van der Waals surface area contributed by atoms with Crippen LogP contribution in [0.4, 0.5) is 0 Å². The first kappa shape index (κ1) is 21.8. The van der Waals surface area contributed by atoms with Crippen LogP contribution in [0.25, 0.3) is 0 Å². The van der Waals surface area contributed by atoms with Crippen LogP contribution < -0.4 is 5.32 Å². The minimum Gasteiger partial charge on any atom is -0.352 e. The molecule has 3 rings (SSSR count). The smallest absolute Gasteiger partial charge is 0.273 e. The summed E-state index contributed by atoms with van der Waals surface area (Å²) in [6.07, 6.45) is 3.27. The number of carbonyl (C=O) groups excluding carboxylic acids is 2. The third-order valence-electron chi connectivity index (χ3n) is 5.25. The van der Waals surface area contributed by atoms with Crippen molar-refractivity contribution < 1.29 is 9.59 Å². The Hall–Kier alpha value is -1.92. The Labute approximate surface area is 181 Å². The van der Waals surface area contributed by atoms with Crippen molar-refractivity contribution >= 4 is 34.8 Å². The van der Waals surface area contributed by atoms with Gasteiger partial charge in [0.1, 0.15) is 5.69 Å². The van der Waals surface area contributed by atoms with Gasteiger partial charge in [-0.1, -0.05) is 43.6 Å². The lowest BCUT2D eigenvalue weighted by Crippen LogP contribution is -2.40. The highest BCUT2D eigenvalue weighted by Crippen LogP contribution is 2.24. The molecule has 5 nitrogen and oxygen atoms in total. The van der Waals surface area contributed by atoms with Crippen molar-refractivity contribution in [3.63, 3.8) is 0 Å². The molecule has 0 aliphatic carbocycles. The highest BCUT2D eigenvalue weighted by molar-refractivity contribution is 7.09. The summed E-state index contributed by atoms with van der Waals surface area (Å²) in [5, 5.41) is 6.47. The van der Waals surface area contributed by atoms with Gasteiger partial charge in [-0.05, 0) is 36.8 Å². The minimum absolute atomic E-state index is 0.0148. The summed E-state index contributed by atoms with van der Waals surface area (Å²) in [5.74, 6) is 0.720. The number of nitrogens with one attached hydrogen (secondary N) is 1. The van der Waals surface area contributed by atoms with E-state index in [4.69, 9.17) is 11.6 Å². The zero-order valence-corrected chi connectivity index (χ0v) is 18.6. The number of hydrogen-bond donors (Lipinski definition) is 1. The molecule has 1 atom stereocenters. The molecule has 2 heterocycles. The highest BCUT2D eigenvalue weighted by Gasteiger charge is 2.26. The van der Waals surface area contributed by atoms with Gasteiger partial charge in [0.05, 0.1) is 5.01 Å². The average molecular weight is 434 g/mol. The van der Waals surface area contributed by atoms with Crippen LogP contribution in [0.2, 0.25) is 5.02 Å². The summed E-state index contributed by atoms with van der Waals surface area (Å²) < 4.78 is 0. The number of carbonyl (C=O) groups is 2. The first-order valence-corrected chi connectivity index (χ1v) is 11.4. The third-order valence-corrected chi connectivity index (χ3v) is 6.77. The molecule has 1 aliphatic heterocycles. The Morgan fingerprint density at radius 3 is 2.86 bits per heavy atom. The second-order valence-corrected chi connectivity index (χ2v) is 9.19. The fraction of sp³-hybridized carbons (Fsp3) is 0.500. The van der Waals surface area contributed by atoms with Gasteiger partial charge in [0.15, 0.2) is 0 Å². The maximum absolute atomic E-state index is 12.8. The Morgan fingerprint density at radius 2 is 2.14 bits per heavy atom. The minimum atomic E-state index is 0.0148. The summed E-state index contributed by atoms with van der Waals surface area (Å²) in [4.78, 5) is 31.4. The van der Waals surface area contributed by atoms with E-state index in [0.29, 0.717) is 42.1 Å². The molecular weight excluding hydrogens is 406 g/mol. The van der Waals surface area contributed by atoms with Crippen molar-refractivity contribution in [2.24, 2.45) is 5.92 Å². The lowest BCUT2D eigenvalue weighted by molar-refractivity contribution is -0.121. The first-order valence-electron chi connectivity index (χ1n) is 10.2. The molecule has 1 N–H and O–H groups in total. The summed E-state index contributed by atoms with van der Waals surface area (Å²) in [5.41, 5.74) is 1.47. The van der Waals surface area contributed by atoms with E-state index in [9.17, 15) is 9.59 Å². The Kier molecular flexibility index (Phi) is 7.67. The Balaban J connectivity index is 1.46. The molecule has 7 heteroatoms. The number of rotatable bonds is 7. The van der Waals surface area contributed by atoms with Gasteiger partial charge >= 0.3 is 0 Å². The van der Waals surface area contributed by atoms with Crippen LogP contribution in [0.1, 0.15) is 66.5 Å². The van der Waals surface area contributed by atoms with Gasteiger partial charge in [-0.2, -0.15) is 0 Å². The quantitative estimate of drug-likeness (QED) is 0.677. The number of piperidine rings is 1. The van der Waals surface area contributed by atoms with E-state index >= 15 is 0 Å². The van der Waals surface area contributed by atoms with Crippen molar-refractivity contribution in [3.8, 4) is 0 Å². The molecule has 1 aromatic heterocycles. The number of halogens is 1. The molecule has 1 aromatic carbocycles. The van der Waals surface area contributed by atoms with Crippen molar-refractivity contribution in [2.75, 3.05) is 13.1 Å². The molecule has 2 amide bonds. The van der Waals surface area contributed by atoms with E-state index in [-0.39, 0.29) is 11.8 Å². The first-order chi connectivity index (χ1) is 13.9. The van der Waals surface area contributed by atoms with Crippen molar-refractivity contribution in [3.05, 3.63) is 50.9 Å². The van der Waals surface area contributed by atoms with Crippen LogP contribution in [0.5, 0.6) is 0 Å². The number of aromatic nitrogens is 1. The third kappa shape index (κ3) is 6.03. The normalized spacial score (nSPS) is 16.8. The predicted molar refractivity (Wildman–Crippen MR) is 117 cm³/mol. The molecule has 0 unspecified atom stereocenters. The van der Waals surface area contributed by atoms with Gasteiger partial charge in [-0.15, -0.1) is 11.3 Å². The second kappa shape index (κ2) is 10.2. The molecule has 1 saturated heterocycles. The molecular formula is C22H28ClN3O2S. The van der Waals surface area contributed by atoms with E-state index in [1.54, 1.807) is 11.3 Å². The van der Waals surface area contributed by atoms with E-state index < -0.39 is 0 Å². The largest absolute Gasteiger partial charge is 0.352 e. The second-order valence-electron chi connectivity index (χ2n) is 7.89. The van der Waals surface area contributed by atoms with E-state index in [1.807, 2.05) is 34.5 Å². The SMILES string of the molecule is CC(C)c1nc(C(=O)N2CCC[C@H](CCC(=O)NCc3ccccc3Cl)C2)cs1. The number of thiazole rings is 1. The van der Waals surface area contributed by atoms with Gasteiger partial charge in [0, 0.05) is 42.4 Å². The number of likely N-dealkylation sites (tertiary alicyclic amines) is 1. The molecule has 0 spiro atoms. The Morgan fingerprint density at radius 1 is 1.34 bits per heavy atom. The van der Waals surface area contributed by atoms with Crippen molar-refractivity contribution in [1.82, 2.24) is 15.2 Å². The number of amides is 2. The highest BCUT2D eigenvalue weighted by atomic mass is 35.5. The Bertz CT molecular complexity index is 852. The van der Waals surface area contributed by atoms with E-state index in [1.165, 1.54) is 0 Å². The number of nitrogens with zero attached hydrogens (tertiary/aromatic N) is 2. The van der Waals surface area contributed by atoms with Crippen molar-refractivity contribution in [1.29, 1.82) is 0 Å². The monoisotopic (exact) mass is 433 g/mol. The van der Waals surface area contributed by atoms with Crippen LogP contribution in [0.3, 0.4) is 0 Å². The van der Waals surface area contributed by atoms with E-state index in [0.717, 1.165) is 36.4 Å². The number of hydrogen-bond acceptors (Lipinski definition) is 4. The van der Waals surface area contributed by atoms with Crippen LogP contribution in [-0.4, -0.2) is 34.8 Å². The van der Waals surface area contributed by atoms with Crippen LogP contribution in [0.15, 0.2) is 29.6 Å². The fourth-order valence-electron chi connectivity index (χ4n) is 3.56. The average Bonchev–Trinajstić information content (AvgIpc) is 3.22. The summed E-state index contributed by atoms with van der Waals surface area (Å²) in [7, 11) is 0. The van der Waals surface area contributed by atoms with Gasteiger partial charge in [0.25, 0.3) is 5.91 Å². The zero-order chi connectivity index (χ0) is 20.8. The maximum atomic E-state index is 12.8. The van der Waals surface area contributed by atoms with Crippen molar-refractivity contribution in [2.45, 2.75) is 52.0 Å². The number of benzene rings is 1. The zero-order valence-electron chi connectivity index (χ0n) is 17.0. The molecule has 156 valence electrons. The molecule has 0 radical (unpaired) electrons. The topological polar surface area (TPSA) is 62.3 Å². The lowest BCUT2D eigenvalue weighted by atomic mass is 9.93. The van der Waals surface area contributed by atoms with Gasteiger partial charge in [-0.3, -0.25) is 9.59 Å². The van der Waals surface area contributed by atoms with E-state index in [2.05, 4.69) is 24.1 Å². The summed E-state index contributed by atoms with van der Waals surface area (Å²) in [6, 6.07) is 7.52. The van der Waals surface area contributed by atoms with Gasteiger partial charge in [0.2, 0.25) is 5.91 Å². The molecule has 0 bridgehead atoms. The molecule has 1 aliphatic rings. The molecule has 2 aromatic rings. The fourth-order valence-corrected chi connectivity index (χ4v) is 4.57. The molecule has 1 fully saturated rings. The standard InChI is InChI=1S/C22H28ClN3O2S/c1-15(2)21-25-19(14-29-21)22(28)26-11-5-6-16(13-26)9-10-20(27)24-12-17-7-3-4-8-18(17)23/h3-4,7-8,14-16H,5-6,9-13H2,1-2H3,(H,24,27)/t16-/m1/s1. The van der Waals surface area contributed by atoms with Gasteiger partial charge in [-0.25, -0.2) is 4.98 Å². The van der Waals surface area contributed by atoms with Crippen LogP contribution in [0, 0.1) is 5.92 Å². The maximum Gasteiger partial charge on any atom is 0.273 e. The summed E-state index contributed by atoms with van der Waals surface area (Å²) >= 11 is 7.68. The predicted octanol–water partition coefficient (Wildman–Crippen LogP) is 4.87. The van der Waals surface area contributed by atoms with Crippen LogP contribution >= 0.6 is 22.9 Å².